The van der Waals surface area contributed by atoms with E-state index in [1.54, 1.807) is 11.0 Å². The molecule has 0 atom stereocenters. The highest BCUT2D eigenvalue weighted by molar-refractivity contribution is 14.0. The van der Waals surface area contributed by atoms with Crippen LogP contribution >= 0.6 is 24.0 Å². The molecule has 2 aliphatic heterocycles. The molecule has 31 heavy (non-hydrogen) atoms. The molecular formula is C22H36FIN6O. The molecule has 2 heterocycles. The Labute approximate surface area is 202 Å². The van der Waals surface area contributed by atoms with Gasteiger partial charge in [0.05, 0.1) is 0 Å². The molecule has 9 heteroatoms. The number of carbonyl (C=O) groups is 1. The van der Waals surface area contributed by atoms with Gasteiger partial charge in [-0.25, -0.2) is 9.18 Å². The number of hydrogen-bond donors (Lipinski definition) is 3. The maximum atomic E-state index is 13.9. The Hall–Kier alpha value is -1.62. The Morgan fingerprint density at radius 2 is 1.84 bits per heavy atom. The topological polar surface area (TPSA) is 86.0 Å². The van der Waals surface area contributed by atoms with Crippen molar-refractivity contribution in [1.82, 2.24) is 20.4 Å². The average molecular weight is 546 g/mol. The fraction of sp³-hybridized carbons (Fsp3) is 0.636. The highest BCUT2D eigenvalue weighted by Gasteiger charge is 2.23. The lowest BCUT2D eigenvalue weighted by Gasteiger charge is -2.33. The lowest BCUT2D eigenvalue weighted by atomic mass is 9.96. The van der Waals surface area contributed by atoms with Crippen LogP contribution in [0.4, 0.5) is 9.18 Å². The van der Waals surface area contributed by atoms with Crippen molar-refractivity contribution in [2.75, 3.05) is 39.3 Å². The average Bonchev–Trinajstić information content (AvgIpc) is 2.75. The maximum absolute atomic E-state index is 13.9. The number of nitrogens with zero attached hydrogens (tertiary/aromatic N) is 3. The summed E-state index contributed by atoms with van der Waals surface area (Å²) in [5, 5.41) is 6.84. The van der Waals surface area contributed by atoms with Crippen molar-refractivity contribution in [2.45, 2.75) is 45.2 Å². The third-order valence-electron chi connectivity index (χ3n) is 6.06. The molecule has 0 saturated carbocycles. The Balaban J connectivity index is 0.00000341. The number of amides is 2. The van der Waals surface area contributed by atoms with Crippen LogP contribution in [0.25, 0.3) is 0 Å². The molecule has 3 rings (SSSR count). The molecule has 4 N–H and O–H groups in total. The molecule has 2 fully saturated rings. The number of primary amides is 1. The predicted molar refractivity (Wildman–Crippen MR) is 133 cm³/mol. The Morgan fingerprint density at radius 1 is 1.16 bits per heavy atom. The smallest absolute Gasteiger partial charge is 0.314 e. The van der Waals surface area contributed by atoms with Crippen molar-refractivity contribution in [1.29, 1.82) is 0 Å². The number of aliphatic imine (C=N–C) groups is 1. The monoisotopic (exact) mass is 546 g/mol. The Morgan fingerprint density at radius 3 is 2.45 bits per heavy atom. The van der Waals surface area contributed by atoms with Crippen LogP contribution in [0, 0.1) is 11.7 Å². The summed E-state index contributed by atoms with van der Waals surface area (Å²) in [5.74, 6) is 1.28. The number of nitrogens with one attached hydrogen (secondary N) is 2. The van der Waals surface area contributed by atoms with E-state index in [0.717, 1.165) is 63.4 Å². The van der Waals surface area contributed by atoms with E-state index in [0.29, 0.717) is 31.6 Å². The molecule has 2 aliphatic rings. The third kappa shape index (κ3) is 8.10. The molecule has 0 aromatic heterocycles. The molecular weight excluding hydrogens is 510 g/mol. The van der Waals surface area contributed by atoms with Crippen LogP contribution in [0.5, 0.6) is 0 Å². The van der Waals surface area contributed by atoms with Gasteiger partial charge in [0.25, 0.3) is 0 Å². The second kappa shape index (κ2) is 13.0. The lowest BCUT2D eigenvalue weighted by molar-refractivity contribution is 0.178. The molecule has 2 amide bonds. The van der Waals surface area contributed by atoms with Crippen molar-refractivity contribution in [3.63, 3.8) is 0 Å². The molecule has 7 nitrogen and oxygen atoms in total. The molecule has 2 saturated heterocycles. The fourth-order valence-corrected chi connectivity index (χ4v) is 4.17. The number of benzene rings is 1. The van der Waals surface area contributed by atoms with Gasteiger partial charge < -0.3 is 21.3 Å². The van der Waals surface area contributed by atoms with Crippen LogP contribution < -0.4 is 16.4 Å². The molecule has 1 aromatic rings. The summed E-state index contributed by atoms with van der Waals surface area (Å²) in [6.45, 7) is 7.68. The first-order valence-corrected chi connectivity index (χ1v) is 11.1. The van der Waals surface area contributed by atoms with E-state index >= 15 is 0 Å². The number of rotatable bonds is 6. The quantitative estimate of drug-likeness (QED) is 0.291. The van der Waals surface area contributed by atoms with E-state index in [1.807, 2.05) is 12.1 Å². The number of hydrogen-bond acceptors (Lipinski definition) is 3. The fourth-order valence-electron chi connectivity index (χ4n) is 4.17. The highest BCUT2D eigenvalue weighted by Crippen LogP contribution is 2.20. The van der Waals surface area contributed by atoms with Crippen LogP contribution in [-0.4, -0.2) is 67.1 Å². The summed E-state index contributed by atoms with van der Waals surface area (Å²) in [6, 6.07) is 7.00. The molecule has 1 aromatic carbocycles. The molecule has 0 radical (unpaired) electrons. The summed E-state index contributed by atoms with van der Waals surface area (Å²) < 4.78 is 13.9. The molecule has 0 spiro atoms. The van der Waals surface area contributed by atoms with Crippen LogP contribution in [0.2, 0.25) is 0 Å². The van der Waals surface area contributed by atoms with Gasteiger partial charge in [0.15, 0.2) is 5.96 Å². The van der Waals surface area contributed by atoms with Gasteiger partial charge in [-0.3, -0.25) is 9.89 Å². The van der Waals surface area contributed by atoms with Crippen molar-refractivity contribution in [2.24, 2.45) is 16.6 Å². The zero-order valence-corrected chi connectivity index (χ0v) is 20.7. The number of likely N-dealkylation sites (tertiary alicyclic amines) is 2. The third-order valence-corrected chi connectivity index (χ3v) is 6.06. The summed E-state index contributed by atoms with van der Waals surface area (Å²) in [4.78, 5) is 20.1. The van der Waals surface area contributed by atoms with Gasteiger partial charge in [-0.15, -0.1) is 24.0 Å². The van der Waals surface area contributed by atoms with Crippen molar-refractivity contribution in [3.05, 3.63) is 35.6 Å². The number of nitrogens with two attached hydrogens (primary N) is 1. The maximum Gasteiger partial charge on any atom is 0.314 e. The normalized spacial score (nSPS) is 19.0. The largest absolute Gasteiger partial charge is 0.357 e. The first kappa shape index (κ1) is 25.6. The molecule has 174 valence electrons. The van der Waals surface area contributed by atoms with Gasteiger partial charge in [-0.05, 0) is 57.7 Å². The Bertz CT molecular complexity index is 718. The van der Waals surface area contributed by atoms with Gasteiger partial charge in [0.1, 0.15) is 5.82 Å². The van der Waals surface area contributed by atoms with E-state index in [9.17, 15) is 9.18 Å². The first-order valence-electron chi connectivity index (χ1n) is 11.1. The minimum Gasteiger partial charge on any atom is -0.357 e. The van der Waals surface area contributed by atoms with E-state index in [4.69, 9.17) is 10.7 Å². The van der Waals surface area contributed by atoms with Gasteiger partial charge in [0, 0.05) is 44.3 Å². The van der Waals surface area contributed by atoms with E-state index in [-0.39, 0.29) is 35.8 Å². The van der Waals surface area contributed by atoms with Gasteiger partial charge in [0.2, 0.25) is 0 Å². The minimum atomic E-state index is -0.338. The molecule has 0 bridgehead atoms. The summed E-state index contributed by atoms with van der Waals surface area (Å²) in [7, 11) is 0. The van der Waals surface area contributed by atoms with Gasteiger partial charge in [-0.2, -0.15) is 0 Å². The van der Waals surface area contributed by atoms with Crippen LogP contribution in [-0.2, 0) is 6.54 Å². The van der Waals surface area contributed by atoms with Crippen LogP contribution in [0.1, 0.15) is 38.2 Å². The van der Waals surface area contributed by atoms with Crippen LogP contribution in [0.15, 0.2) is 29.3 Å². The number of guanidine groups is 1. The number of urea groups is 1. The van der Waals surface area contributed by atoms with Gasteiger partial charge >= 0.3 is 6.03 Å². The number of carbonyl (C=O) groups excluding carboxylic acids is 1. The first-order chi connectivity index (χ1) is 14.5. The van der Waals surface area contributed by atoms with Crippen molar-refractivity contribution in [3.8, 4) is 0 Å². The molecule has 0 aliphatic carbocycles. The Kier molecular flexibility index (Phi) is 10.8. The summed E-state index contributed by atoms with van der Waals surface area (Å²) >= 11 is 0. The van der Waals surface area contributed by atoms with E-state index < -0.39 is 0 Å². The van der Waals surface area contributed by atoms with Crippen LogP contribution in [0.3, 0.4) is 0 Å². The second-order valence-electron chi connectivity index (χ2n) is 8.27. The standard InChI is InChI=1S/C22H35FN6O.HI/c1-2-25-22(27-19-9-13-29(14-10-19)21(24)30)26-15-17-7-11-28(12-8-17)16-18-5-3-4-6-20(18)23;/h3-6,17,19H,2,7-16H2,1H3,(H2,24,30)(H2,25,26,27);1H. The highest BCUT2D eigenvalue weighted by atomic mass is 127. The zero-order chi connectivity index (χ0) is 21.3. The SMILES string of the molecule is CCNC(=NCC1CCN(Cc2ccccc2F)CC1)NC1CCN(C(N)=O)CC1.I. The van der Waals surface area contributed by atoms with E-state index in [1.165, 1.54) is 6.07 Å². The summed E-state index contributed by atoms with van der Waals surface area (Å²) in [6.07, 6.45) is 3.91. The second-order valence-corrected chi connectivity index (χ2v) is 8.27. The summed E-state index contributed by atoms with van der Waals surface area (Å²) in [5.41, 5.74) is 6.13. The lowest BCUT2D eigenvalue weighted by Crippen LogP contribution is -2.50. The van der Waals surface area contributed by atoms with Crippen molar-refractivity contribution >= 4 is 36.0 Å². The number of halogens is 2. The number of piperidine rings is 2. The predicted octanol–water partition coefficient (Wildman–Crippen LogP) is 2.75. The van der Waals surface area contributed by atoms with Crippen molar-refractivity contribution < 1.29 is 9.18 Å². The minimum absolute atomic E-state index is 0. The van der Waals surface area contributed by atoms with E-state index in [2.05, 4.69) is 22.5 Å². The zero-order valence-electron chi connectivity index (χ0n) is 18.4. The molecule has 0 unspecified atom stereocenters. The van der Waals surface area contributed by atoms with Gasteiger partial charge in [-0.1, -0.05) is 18.2 Å².